The molecular weight excluding hydrogens is 324 g/mol. The molecule has 126 valence electrons. The first-order chi connectivity index (χ1) is 11.6. The highest BCUT2D eigenvalue weighted by Gasteiger charge is 2.18. The van der Waals surface area contributed by atoms with Crippen molar-refractivity contribution in [2.24, 2.45) is 0 Å². The number of fused-ring (bicyclic) bond motifs is 2. The zero-order valence-electron chi connectivity index (χ0n) is 14.0. The molecule has 3 aromatic rings. The Bertz CT molecular complexity index is 850. The second kappa shape index (κ2) is 5.99. The minimum Gasteiger partial charge on any atom is -0.364 e. The van der Waals surface area contributed by atoms with Gasteiger partial charge in [0.1, 0.15) is 10.8 Å². The fraction of sp³-hybridized carbons (Fsp3) is 0.467. The minimum atomic E-state index is 0.624. The minimum absolute atomic E-state index is 0.624. The zero-order valence-corrected chi connectivity index (χ0v) is 14.8. The van der Waals surface area contributed by atoms with Gasteiger partial charge in [0.05, 0.1) is 24.1 Å². The van der Waals surface area contributed by atoms with Crippen LogP contribution in [0, 0.1) is 6.92 Å². The highest BCUT2D eigenvalue weighted by molar-refractivity contribution is 7.16. The Kier molecular flexibility index (Phi) is 3.81. The van der Waals surface area contributed by atoms with Gasteiger partial charge in [-0.2, -0.15) is 10.1 Å². The summed E-state index contributed by atoms with van der Waals surface area (Å²) in [5, 5.41) is 12.2. The average molecular weight is 344 g/mol. The molecule has 4 heterocycles. The predicted octanol–water partition coefficient (Wildman–Crippen LogP) is 1.21. The lowest BCUT2D eigenvalue weighted by Gasteiger charge is -2.22. The van der Waals surface area contributed by atoms with Gasteiger partial charge < -0.3 is 15.5 Å². The fourth-order valence-electron chi connectivity index (χ4n) is 2.80. The topological polar surface area (TPSA) is 83.3 Å². The Labute approximate surface area is 144 Å². The summed E-state index contributed by atoms with van der Waals surface area (Å²) in [5.74, 6) is 1.63. The summed E-state index contributed by atoms with van der Waals surface area (Å²) in [5.41, 5.74) is 3.24. The maximum atomic E-state index is 4.68. The van der Waals surface area contributed by atoms with Crippen LogP contribution in [0.1, 0.15) is 22.0 Å². The number of nitrogens with one attached hydrogen (secondary N) is 2. The van der Waals surface area contributed by atoms with Gasteiger partial charge in [0.2, 0.25) is 10.9 Å². The van der Waals surface area contributed by atoms with Gasteiger partial charge in [-0.1, -0.05) is 11.3 Å². The Morgan fingerprint density at radius 1 is 1.33 bits per heavy atom. The molecule has 0 spiro atoms. The van der Waals surface area contributed by atoms with E-state index in [0.29, 0.717) is 6.54 Å². The van der Waals surface area contributed by atoms with E-state index in [1.807, 2.05) is 36.6 Å². The van der Waals surface area contributed by atoms with Gasteiger partial charge in [0, 0.05) is 26.2 Å². The van der Waals surface area contributed by atoms with Crippen molar-refractivity contribution < 1.29 is 0 Å². The van der Waals surface area contributed by atoms with Crippen molar-refractivity contribution in [2.45, 2.75) is 26.4 Å². The molecule has 0 fully saturated rings. The number of imidazole rings is 1. The van der Waals surface area contributed by atoms with Gasteiger partial charge in [-0.25, -0.2) is 14.5 Å². The van der Waals surface area contributed by atoms with Crippen LogP contribution in [-0.4, -0.2) is 45.2 Å². The van der Waals surface area contributed by atoms with E-state index in [2.05, 4.69) is 30.7 Å². The standard InChI is InChI=1S/C15H20N8S/c1-9-21-23-8-10(18-15(23)24-9)6-17-13-11-4-5-16-7-12(11)19-14(20-13)22(2)3/h8,16H,4-7H2,1-3H3,(H,17,19,20). The van der Waals surface area contributed by atoms with Crippen molar-refractivity contribution in [3.8, 4) is 0 Å². The molecule has 0 bridgehead atoms. The van der Waals surface area contributed by atoms with Crippen LogP contribution in [-0.2, 0) is 19.5 Å². The largest absolute Gasteiger partial charge is 0.364 e. The van der Waals surface area contributed by atoms with Crippen LogP contribution < -0.4 is 15.5 Å². The Balaban J connectivity index is 1.60. The molecule has 4 rings (SSSR count). The molecule has 0 atom stereocenters. The number of aromatic nitrogens is 5. The molecule has 0 amide bonds. The molecule has 3 aromatic heterocycles. The first kappa shape index (κ1) is 15.3. The molecule has 9 heteroatoms. The van der Waals surface area contributed by atoms with Crippen molar-refractivity contribution in [3.05, 3.63) is 28.2 Å². The Morgan fingerprint density at radius 3 is 3.00 bits per heavy atom. The lowest BCUT2D eigenvalue weighted by molar-refractivity contribution is 0.623. The maximum absolute atomic E-state index is 4.68. The van der Waals surface area contributed by atoms with E-state index in [4.69, 9.17) is 0 Å². The third kappa shape index (κ3) is 2.80. The molecule has 0 saturated carbocycles. The number of hydrogen-bond acceptors (Lipinski definition) is 8. The Hall–Kier alpha value is -2.26. The molecule has 1 aliphatic heterocycles. The van der Waals surface area contributed by atoms with E-state index in [9.17, 15) is 0 Å². The van der Waals surface area contributed by atoms with Crippen LogP contribution in [0.5, 0.6) is 0 Å². The second-order valence-corrected chi connectivity index (χ2v) is 7.21. The number of aryl methyl sites for hydroxylation is 1. The summed E-state index contributed by atoms with van der Waals surface area (Å²) in [6, 6.07) is 0. The zero-order chi connectivity index (χ0) is 16.7. The molecule has 24 heavy (non-hydrogen) atoms. The van der Waals surface area contributed by atoms with Gasteiger partial charge in [0.15, 0.2) is 0 Å². The van der Waals surface area contributed by atoms with Crippen LogP contribution in [0.25, 0.3) is 4.96 Å². The summed E-state index contributed by atoms with van der Waals surface area (Å²) < 4.78 is 1.83. The summed E-state index contributed by atoms with van der Waals surface area (Å²) >= 11 is 1.60. The number of rotatable bonds is 4. The Morgan fingerprint density at radius 2 is 2.21 bits per heavy atom. The first-order valence-electron chi connectivity index (χ1n) is 7.93. The van der Waals surface area contributed by atoms with E-state index in [1.54, 1.807) is 11.3 Å². The molecule has 0 radical (unpaired) electrons. The number of anilines is 2. The lowest BCUT2D eigenvalue weighted by atomic mass is 10.1. The van der Waals surface area contributed by atoms with Crippen molar-refractivity contribution in [1.29, 1.82) is 0 Å². The summed E-state index contributed by atoms with van der Waals surface area (Å²) in [4.78, 5) is 16.8. The lowest BCUT2D eigenvalue weighted by Crippen LogP contribution is -2.28. The molecule has 1 aliphatic rings. The normalized spacial score (nSPS) is 14.0. The third-order valence-electron chi connectivity index (χ3n) is 3.96. The molecule has 8 nitrogen and oxygen atoms in total. The van der Waals surface area contributed by atoms with Crippen molar-refractivity contribution in [2.75, 3.05) is 30.9 Å². The molecule has 0 aromatic carbocycles. The van der Waals surface area contributed by atoms with Gasteiger partial charge in [-0.3, -0.25) is 0 Å². The molecule has 0 aliphatic carbocycles. The monoisotopic (exact) mass is 344 g/mol. The summed E-state index contributed by atoms with van der Waals surface area (Å²) in [6.07, 6.45) is 2.90. The smallest absolute Gasteiger partial charge is 0.227 e. The van der Waals surface area contributed by atoms with Crippen LogP contribution >= 0.6 is 11.3 Å². The van der Waals surface area contributed by atoms with Gasteiger partial charge in [0.25, 0.3) is 0 Å². The molecule has 0 unspecified atom stereocenters. The fourth-order valence-corrected chi connectivity index (χ4v) is 3.54. The number of nitrogens with zero attached hydrogens (tertiary/aromatic N) is 6. The molecule has 2 N–H and O–H groups in total. The van der Waals surface area contributed by atoms with Crippen LogP contribution in [0.3, 0.4) is 0 Å². The quantitative estimate of drug-likeness (QED) is 0.736. The van der Waals surface area contributed by atoms with E-state index >= 15 is 0 Å². The van der Waals surface area contributed by atoms with Gasteiger partial charge >= 0.3 is 0 Å². The molecular formula is C15H20N8S. The predicted molar refractivity (Wildman–Crippen MR) is 94.7 cm³/mol. The first-order valence-corrected chi connectivity index (χ1v) is 8.75. The second-order valence-electron chi connectivity index (χ2n) is 6.05. The SMILES string of the molecule is Cc1nn2cc(CNc3nc(N(C)C)nc4c3CCNC4)nc2s1. The van der Waals surface area contributed by atoms with Gasteiger partial charge in [-0.15, -0.1) is 0 Å². The maximum Gasteiger partial charge on any atom is 0.227 e. The third-order valence-corrected chi connectivity index (χ3v) is 4.79. The van der Waals surface area contributed by atoms with Crippen molar-refractivity contribution in [3.63, 3.8) is 0 Å². The van der Waals surface area contributed by atoms with E-state index in [0.717, 1.165) is 52.6 Å². The van der Waals surface area contributed by atoms with E-state index in [1.165, 1.54) is 5.56 Å². The van der Waals surface area contributed by atoms with Crippen LogP contribution in [0.15, 0.2) is 6.20 Å². The highest BCUT2D eigenvalue weighted by Crippen LogP contribution is 2.23. The highest BCUT2D eigenvalue weighted by atomic mass is 32.1. The van der Waals surface area contributed by atoms with E-state index < -0.39 is 0 Å². The van der Waals surface area contributed by atoms with Crippen LogP contribution in [0.2, 0.25) is 0 Å². The average Bonchev–Trinajstić information content (AvgIpc) is 3.09. The van der Waals surface area contributed by atoms with Crippen LogP contribution in [0.4, 0.5) is 11.8 Å². The number of hydrogen-bond donors (Lipinski definition) is 2. The molecule has 0 saturated heterocycles. The van der Waals surface area contributed by atoms with Crippen molar-refractivity contribution >= 4 is 28.1 Å². The summed E-state index contributed by atoms with van der Waals surface area (Å²) in [6.45, 7) is 4.35. The van der Waals surface area contributed by atoms with Gasteiger partial charge in [-0.05, 0) is 19.9 Å². The summed E-state index contributed by atoms with van der Waals surface area (Å²) in [7, 11) is 3.92. The van der Waals surface area contributed by atoms with E-state index in [-0.39, 0.29) is 0 Å². The van der Waals surface area contributed by atoms with Crippen molar-refractivity contribution in [1.82, 2.24) is 29.9 Å².